The fourth-order valence-corrected chi connectivity index (χ4v) is 2.39. The highest BCUT2D eigenvalue weighted by Gasteiger charge is 2.20. The third-order valence-electron chi connectivity index (χ3n) is 3.54. The molecule has 0 heterocycles. The molecule has 0 aliphatic carbocycles. The van der Waals surface area contributed by atoms with Crippen LogP contribution >= 0.6 is 12.4 Å². The van der Waals surface area contributed by atoms with Crippen molar-refractivity contribution in [3.63, 3.8) is 0 Å². The lowest BCUT2D eigenvalue weighted by molar-refractivity contribution is 0.102. The average Bonchev–Trinajstić information content (AvgIpc) is 2.61. The van der Waals surface area contributed by atoms with Gasteiger partial charge >= 0.3 is 0 Å². The normalized spacial score (nSPS) is 9.76. The summed E-state index contributed by atoms with van der Waals surface area (Å²) in [6, 6.07) is 10.9. The van der Waals surface area contributed by atoms with Gasteiger partial charge in [-0.25, -0.2) is 0 Å². The minimum atomic E-state index is -0.283. The van der Waals surface area contributed by atoms with Gasteiger partial charge < -0.3 is 24.8 Å². The van der Waals surface area contributed by atoms with Gasteiger partial charge in [0.15, 0.2) is 11.5 Å². The maximum atomic E-state index is 12.6. The second-order valence-electron chi connectivity index (χ2n) is 5.06. The lowest BCUT2D eigenvalue weighted by atomic mass is 10.1. The van der Waals surface area contributed by atoms with Crippen molar-refractivity contribution < 1.29 is 19.0 Å². The predicted octanol–water partition coefficient (Wildman–Crippen LogP) is 3.11. The molecule has 0 aromatic heterocycles. The molecule has 2 aromatic rings. The van der Waals surface area contributed by atoms with E-state index < -0.39 is 0 Å². The Labute approximate surface area is 153 Å². The zero-order chi connectivity index (χ0) is 17.5. The van der Waals surface area contributed by atoms with Crippen LogP contribution in [0.25, 0.3) is 0 Å². The van der Waals surface area contributed by atoms with E-state index in [9.17, 15) is 4.79 Å². The number of rotatable bonds is 7. The number of halogens is 1. The Kier molecular flexibility index (Phi) is 8.04. The standard InChI is InChI=1S/C18H22N2O4.ClH/c1-19-11-12-5-7-13(8-6-12)20-18(21)14-9-10-15(22-2)17(24-4)16(14)23-3;/h5-10,19H,11H2,1-4H3,(H,20,21);1H. The number of methoxy groups -OCH3 is 3. The number of benzene rings is 2. The summed E-state index contributed by atoms with van der Waals surface area (Å²) in [6.45, 7) is 0.776. The summed E-state index contributed by atoms with van der Waals surface area (Å²) in [5.41, 5.74) is 2.21. The molecule has 0 saturated carbocycles. The smallest absolute Gasteiger partial charge is 0.259 e. The number of hydrogen-bond acceptors (Lipinski definition) is 5. The first-order valence-electron chi connectivity index (χ1n) is 7.48. The molecule has 1 amide bonds. The minimum absolute atomic E-state index is 0. The zero-order valence-corrected chi connectivity index (χ0v) is 15.5. The van der Waals surface area contributed by atoms with Crippen LogP contribution in [-0.2, 0) is 6.54 Å². The summed E-state index contributed by atoms with van der Waals surface area (Å²) in [5.74, 6) is 0.939. The molecule has 0 unspecified atom stereocenters. The van der Waals surface area contributed by atoms with Crippen LogP contribution in [0.15, 0.2) is 36.4 Å². The van der Waals surface area contributed by atoms with Crippen molar-refractivity contribution in [3.8, 4) is 17.2 Å². The van der Waals surface area contributed by atoms with E-state index in [1.807, 2.05) is 31.3 Å². The van der Waals surface area contributed by atoms with Gasteiger partial charge in [-0.3, -0.25) is 4.79 Å². The quantitative estimate of drug-likeness (QED) is 0.788. The van der Waals surface area contributed by atoms with Crippen molar-refractivity contribution in [3.05, 3.63) is 47.5 Å². The van der Waals surface area contributed by atoms with E-state index in [1.165, 1.54) is 21.3 Å². The number of hydrogen-bond donors (Lipinski definition) is 2. The summed E-state index contributed by atoms with van der Waals surface area (Å²) < 4.78 is 15.9. The van der Waals surface area contributed by atoms with Crippen molar-refractivity contribution in [2.45, 2.75) is 6.54 Å². The van der Waals surface area contributed by atoms with E-state index in [-0.39, 0.29) is 18.3 Å². The Morgan fingerprint density at radius 2 is 1.56 bits per heavy atom. The first-order valence-corrected chi connectivity index (χ1v) is 7.48. The molecule has 2 N–H and O–H groups in total. The molecular formula is C18H23ClN2O4. The molecule has 0 radical (unpaired) electrons. The van der Waals surface area contributed by atoms with Crippen molar-refractivity contribution in [2.24, 2.45) is 0 Å². The molecule has 0 aliphatic rings. The molecule has 2 rings (SSSR count). The second-order valence-corrected chi connectivity index (χ2v) is 5.06. The van der Waals surface area contributed by atoms with E-state index in [0.29, 0.717) is 28.5 Å². The third-order valence-corrected chi connectivity index (χ3v) is 3.54. The summed E-state index contributed by atoms with van der Waals surface area (Å²) in [7, 11) is 6.41. The second kappa shape index (κ2) is 9.76. The van der Waals surface area contributed by atoms with Crippen LogP contribution in [0.4, 0.5) is 5.69 Å². The van der Waals surface area contributed by atoms with Crippen molar-refractivity contribution >= 4 is 24.0 Å². The van der Waals surface area contributed by atoms with E-state index in [4.69, 9.17) is 14.2 Å². The lowest BCUT2D eigenvalue weighted by Gasteiger charge is -2.15. The van der Waals surface area contributed by atoms with Crippen LogP contribution in [0.5, 0.6) is 17.2 Å². The van der Waals surface area contributed by atoms with Crippen LogP contribution in [0.1, 0.15) is 15.9 Å². The molecule has 136 valence electrons. The van der Waals surface area contributed by atoms with E-state index in [0.717, 1.165) is 12.1 Å². The lowest BCUT2D eigenvalue weighted by Crippen LogP contribution is -2.14. The topological polar surface area (TPSA) is 68.8 Å². The fraction of sp³-hybridized carbons (Fsp3) is 0.278. The summed E-state index contributed by atoms with van der Waals surface area (Å²) >= 11 is 0. The third kappa shape index (κ3) is 4.78. The molecule has 0 spiro atoms. The average molecular weight is 367 g/mol. The highest BCUT2D eigenvalue weighted by atomic mass is 35.5. The van der Waals surface area contributed by atoms with Crippen LogP contribution in [-0.4, -0.2) is 34.3 Å². The predicted molar refractivity (Wildman–Crippen MR) is 101 cm³/mol. The van der Waals surface area contributed by atoms with Gasteiger partial charge in [0.05, 0.1) is 26.9 Å². The summed E-state index contributed by atoms with van der Waals surface area (Å²) in [4.78, 5) is 12.6. The molecule has 0 bridgehead atoms. The van der Waals surface area contributed by atoms with E-state index >= 15 is 0 Å². The van der Waals surface area contributed by atoms with Gasteiger partial charge in [0.1, 0.15) is 0 Å². The van der Waals surface area contributed by atoms with Crippen molar-refractivity contribution in [1.82, 2.24) is 5.32 Å². The molecule has 0 saturated heterocycles. The Morgan fingerprint density at radius 3 is 2.08 bits per heavy atom. The maximum Gasteiger partial charge on any atom is 0.259 e. The van der Waals surface area contributed by atoms with Crippen LogP contribution in [0, 0.1) is 0 Å². The number of anilines is 1. The molecule has 25 heavy (non-hydrogen) atoms. The van der Waals surface area contributed by atoms with Crippen LogP contribution in [0.2, 0.25) is 0 Å². The largest absolute Gasteiger partial charge is 0.493 e. The van der Waals surface area contributed by atoms with Gasteiger partial charge in [0, 0.05) is 12.2 Å². The molecular weight excluding hydrogens is 344 g/mol. The molecule has 6 nitrogen and oxygen atoms in total. The first-order chi connectivity index (χ1) is 11.6. The number of nitrogens with one attached hydrogen (secondary N) is 2. The Hall–Kier alpha value is -2.44. The van der Waals surface area contributed by atoms with Crippen LogP contribution in [0.3, 0.4) is 0 Å². The zero-order valence-electron chi connectivity index (χ0n) is 14.7. The molecule has 0 fully saturated rings. The fourth-order valence-electron chi connectivity index (χ4n) is 2.39. The minimum Gasteiger partial charge on any atom is -0.493 e. The molecule has 0 atom stereocenters. The summed E-state index contributed by atoms with van der Waals surface area (Å²) in [5, 5.41) is 5.93. The summed E-state index contributed by atoms with van der Waals surface area (Å²) in [6.07, 6.45) is 0. The number of carbonyl (C=O) groups excluding carboxylic acids is 1. The van der Waals surface area contributed by atoms with E-state index in [2.05, 4.69) is 10.6 Å². The first kappa shape index (κ1) is 20.6. The monoisotopic (exact) mass is 366 g/mol. The number of amides is 1. The van der Waals surface area contributed by atoms with Gasteiger partial charge in [0.2, 0.25) is 5.75 Å². The van der Waals surface area contributed by atoms with Gasteiger partial charge in [-0.2, -0.15) is 0 Å². The Bertz CT molecular complexity index is 705. The van der Waals surface area contributed by atoms with Crippen molar-refractivity contribution in [1.29, 1.82) is 0 Å². The molecule has 7 heteroatoms. The highest BCUT2D eigenvalue weighted by Crippen LogP contribution is 2.39. The maximum absolute atomic E-state index is 12.6. The number of ether oxygens (including phenoxy) is 3. The molecule has 0 aliphatic heterocycles. The van der Waals surface area contributed by atoms with Gasteiger partial charge in [-0.05, 0) is 36.9 Å². The van der Waals surface area contributed by atoms with Crippen molar-refractivity contribution in [2.75, 3.05) is 33.7 Å². The van der Waals surface area contributed by atoms with Crippen LogP contribution < -0.4 is 24.8 Å². The van der Waals surface area contributed by atoms with Gasteiger partial charge in [-0.15, -0.1) is 12.4 Å². The SMILES string of the molecule is CNCc1ccc(NC(=O)c2ccc(OC)c(OC)c2OC)cc1.Cl. The number of carbonyl (C=O) groups is 1. The molecule has 2 aromatic carbocycles. The van der Waals surface area contributed by atoms with Gasteiger partial charge in [0.25, 0.3) is 5.91 Å². The Balaban J connectivity index is 0.00000312. The van der Waals surface area contributed by atoms with Gasteiger partial charge in [-0.1, -0.05) is 12.1 Å². The Morgan fingerprint density at radius 1 is 0.920 bits per heavy atom. The highest BCUT2D eigenvalue weighted by molar-refractivity contribution is 6.07. The van der Waals surface area contributed by atoms with E-state index in [1.54, 1.807) is 12.1 Å².